The summed E-state index contributed by atoms with van der Waals surface area (Å²) in [4.78, 5) is 12.9. The molecule has 1 unspecified atom stereocenters. The van der Waals surface area contributed by atoms with Crippen molar-refractivity contribution in [2.24, 2.45) is 0 Å². The first-order valence-electron chi connectivity index (χ1n) is 7.07. The third-order valence-corrected chi connectivity index (χ3v) is 3.50. The van der Waals surface area contributed by atoms with Crippen LogP contribution >= 0.6 is 0 Å². The largest absolute Gasteiger partial charge is 0.385 e. The van der Waals surface area contributed by atoms with Crippen molar-refractivity contribution in [2.45, 2.75) is 25.8 Å². The molecule has 0 bridgehead atoms. The summed E-state index contributed by atoms with van der Waals surface area (Å²) in [5.74, 6) is 0. The minimum absolute atomic E-state index is 0.120. The smallest absolute Gasteiger partial charge is 0.273 e. The molecule has 1 fully saturated rings. The van der Waals surface area contributed by atoms with E-state index in [1.807, 2.05) is 13.0 Å². The van der Waals surface area contributed by atoms with Gasteiger partial charge in [0.2, 0.25) is 0 Å². The van der Waals surface area contributed by atoms with E-state index >= 15 is 0 Å². The van der Waals surface area contributed by atoms with Gasteiger partial charge in [-0.2, -0.15) is 0 Å². The molecule has 20 heavy (non-hydrogen) atoms. The lowest BCUT2D eigenvalue weighted by atomic mass is 10.1. The second kappa shape index (κ2) is 6.56. The quantitative estimate of drug-likeness (QED) is 0.640. The van der Waals surface area contributed by atoms with Gasteiger partial charge in [0, 0.05) is 42.6 Å². The maximum Gasteiger partial charge on any atom is 0.273 e. The van der Waals surface area contributed by atoms with Gasteiger partial charge in [-0.3, -0.25) is 10.1 Å². The molecule has 0 saturated carbocycles. The zero-order chi connectivity index (χ0) is 14.5. The Bertz CT molecular complexity index is 478. The molecule has 1 heterocycles. The first-order valence-corrected chi connectivity index (χ1v) is 7.07. The SMILES string of the molecule is CCNc1cc(NC2CCCN(C)C2)cc([N+](=O)[O-])c1. The summed E-state index contributed by atoms with van der Waals surface area (Å²) < 4.78 is 0. The second-order valence-corrected chi connectivity index (χ2v) is 5.30. The number of hydrogen-bond acceptors (Lipinski definition) is 5. The van der Waals surface area contributed by atoms with Gasteiger partial charge in [0.15, 0.2) is 0 Å². The number of likely N-dealkylation sites (N-methyl/N-ethyl adjacent to an activating group) is 1. The highest BCUT2D eigenvalue weighted by Gasteiger charge is 2.18. The lowest BCUT2D eigenvalue weighted by molar-refractivity contribution is -0.384. The van der Waals surface area contributed by atoms with E-state index in [9.17, 15) is 10.1 Å². The Hall–Kier alpha value is -1.82. The highest BCUT2D eigenvalue weighted by molar-refractivity contribution is 5.63. The number of likely N-dealkylation sites (tertiary alicyclic amines) is 1. The van der Waals surface area contributed by atoms with E-state index in [0.717, 1.165) is 43.9 Å². The normalized spacial score (nSPS) is 19.6. The van der Waals surface area contributed by atoms with Crippen LogP contribution in [0.3, 0.4) is 0 Å². The Balaban J connectivity index is 2.14. The summed E-state index contributed by atoms with van der Waals surface area (Å²) in [6.45, 7) is 4.81. The van der Waals surface area contributed by atoms with E-state index in [1.165, 1.54) is 0 Å². The third-order valence-electron chi connectivity index (χ3n) is 3.50. The van der Waals surface area contributed by atoms with Crippen molar-refractivity contribution in [3.05, 3.63) is 28.3 Å². The standard InChI is InChI=1S/C14H22N4O2/c1-3-15-12-7-13(9-14(8-12)18(19)20)16-11-5-4-6-17(2)10-11/h7-9,11,15-16H,3-6,10H2,1-2H3. The van der Waals surface area contributed by atoms with E-state index in [-0.39, 0.29) is 10.6 Å². The van der Waals surface area contributed by atoms with Crippen LogP contribution in [0, 0.1) is 10.1 Å². The lowest BCUT2D eigenvalue weighted by Crippen LogP contribution is -2.39. The molecule has 1 saturated heterocycles. The molecule has 110 valence electrons. The summed E-state index contributed by atoms with van der Waals surface area (Å²) in [5.41, 5.74) is 1.72. The molecule has 2 rings (SSSR count). The molecule has 0 radical (unpaired) electrons. The van der Waals surface area contributed by atoms with Gasteiger partial charge >= 0.3 is 0 Å². The molecular weight excluding hydrogens is 256 g/mol. The topological polar surface area (TPSA) is 70.4 Å². The molecule has 0 amide bonds. The Morgan fingerprint density at radius 3 is 2.80 bits per heavy atom. The van der Waals surface area contributed by atoms with Crippen LogP contribution in [0.1, 0.15) is 19.8 Å². The number of non-ortho nitro benzene ring substituents is 1. The van der Waals surface area contributed by atoms with Gasteiger partial charge in [-0.1, -0.05) is 0 Å². The van der Waals surface area contributed by atoms with Gasteiger partial charge in [0.1, 0.15) is 0 Å². The first kappa shape index (κ1) is 14.6. The van der Waals surface area contributed by atoms with Crippen LogP contribution in [0.2, 0.25) is 0 Å². The lowest BCUT2D eigenvalue weighted by Gasteiger charge is -2.31. The fourth-order valence-electron chi connectivity index (χ4n) is 2.63. The summed E-state index contributed by atoms with van der Waals surface area (Å²) in [7, 11) is 2.10. The molecular formula is C14H22N4O2. The van der Waals surface area contributed by atoms with Gasteiger partial charge in [-0.15, -0.1) is 0 Å². The number of hydrogen-bond donors (Lipinski definition) is 2. The predicted octanol–water partition coefficient (Wildman–Crippen LogP) is 2.53. The van der Waals surface area contributed by atoms with E-state index < -0.39 is 0 Å². The van der Waals surface area contributed by atoms with Gasteiger partial charge < -0.3 is 15.5 Å². The molecule has 0 spiro atoms. The zero-order valence-electron chi connectivity index (χ0n) is 12.1. The summed E-state index contributed by atoms with van der Waals surface area (Å²) >= 11 is 0. The summed E-state index contributed by atoms with van der Waals surface area (Å²) in [5, 5.41) is 17.5. The Morgan fingerprint density at radius 1 is 1.40 bits per heavy atom. The van der Waals surface area contributed by atoms with E-state index in [2.05, 4.69) is 22.6 Å². The summed E-state index contributed by atoms with van der Waals surface area (Å²) in [6, 6.07) is 5.47. The van der Waals surface area contributed by atoms with Crippen molar-refractivity contribution < 1.29 is 4.92 Å². The van der Waals surface area contributed by atoms with Crippen LogP contribution in [0.4, 0.5) is 17.1 Å². The number of anilines is 2. The van der Waals surface area contributed by atoms with Crippen LogP contribution in [-0.2, 0) is 0 Å². The van der Waals surface area contributed by atoms with E-state index in [1.54, 1.807) is 12.1 Å². The van der Waals surface area contributed by atoms with Crippen LogP contribution in [0.15, 0.2) is 18.2 Å². The van der Waals surface area contributed by atoms with Crippen LogP contribution in [0.25, 0.3) is 0 Å². The van der Waals surface area contributed by atoms with E-state index in [0.29, 0.717) is 6.04 Å². The second-order valence-electron chi connectivity index (χ2n) is 5.30. The average Bonchev–Trinajstić information content (AvgIpc) is 2.38. The highest BCUT2D eigenvalue weighted by atomic mass is 16.6. The number of nitro benzene ring substituents is 1. The van der Waals surface area contributed by atoms with Crippen molar-refractivity contribution in [3.8, 4) is 0 Å². The van der Waals surface area contributed by atoms with Gasteiger partial charge in [-0.05, 0) is 39.4 Å². The van der Waals surface area contributed by atoms with Gasteiger partial charge in [-0.25, -0.2) is 0 Å². The fraction of sp³-hybridized carbons (Fsp3) is 0.571. The number of rotatable bonds is 5. The molecule has 1 aliphatic rings. The number of piperidine rings is 1. The monoisotopic (exact) mass is 278 g/mol. The molecule has 0 aliphatic carbocycles. The maximum atomic E-state index is 11.0. The molecule has 6 nitrogen and oxygen atoms in total. The molecule has 1 aromatic rings. The molecule has 1 atom stereocenters. The zero-order valence-corrected chi connectivity index (χ0v) is 12.1. The molecule has 1 aromatic carbocycles. The van der Waals surface area contributed by atoms with Gasteiger partial charge in [0.25, 0.3) is 5.69 Å². The minimum Gasteiger partial charge on any atom is -0.385 e. The third kappa shape index (κ3) is 3.84. The molecule has 6 heteroatoms. The number of nitrogens with one attached hydrogen (secondary N) is 2. The van der Waals surface area contributed by atoms with Crippen molar-refractivity contribution in [3.63, 3.8) is 0 Å². The van der Waals surface area contributed by atoms with Crippen LogP contribution in [-0.4, -0.2) is 42.5 Å². The Morgan fingerprint density at radius 2 is 2.15 bits per heavy atom. The predicted molar refractivity (Wildman–Crippen MR) is 81.4 cm³/mol. The van der Waals surface area contributed by atoms with Crippen LogP contribution < -0.4 is 10.6 Å². The summed E-state index contributed by atoms with van der Waals surface area (Å²) in [6.07, 6.45) is 2.26. The fourth-order valence-corrected chi connectivity index (χ4v) is 2.63. The number of nitrogens with zero attached hydrogens (tertiary/aromatic N) is 2. The van der Waals surface area contributed by atoms with Crippen molar-refractivity contribution >= 4 is 17.1 Å². The average molecular weight is 278 g/mol. The molecule has 0 aromatic heterocycles. The maximum absolute atomic E-state index is 11.0. The molecule has 1 aliphatic heterocycles. The minimum atomic E-state index is -0.348. The molecule has 2 N–H and O–H groups in total. The number of benzene rings is 1. The van der Waals surface area contributed by atoms with Gasteiger partial charge in [0.05, 0.1) is 4.92 Å². The Kier molecular flexibility index (Phi) is 4.79. The van der Waals surface area contributed by atoms with Crippen LogP contribution in [0.5, 0.6) is 0 Å². The highest BCUT2D eigenvalue weighted by Crippen LogP contribution is 2.26. The van der Waals surface area contributed by atoms with Crippen molar-refractivity contribution in [1.82, 2.24) is 4.90 Å². The Labute approximate surface area is 119 Å². The first-order chi connectivity index (χ1) is 9.58. The van der Waals surface area contributed by atoms with Crippen molar-refractivity contribution in [2.75, 3.05) is 37.3 Å². The number of nitro groups is 1. The van der Waals surface area contributed by atoms with Crippen molar-refractivity contribution in [1.29, 1.82) is 0 Å². The van der Waals surface area contributed by atoms with E-state index in [4.69, 9.17) is 0 Å².